The number of ether oxygens (including phenoxy) is 2. The number of amides is 1. The average Bonchev–Trinajstić information content (AvgIpc) is 3.53. The largest absolute Gasteiger partial charge is 0.486 e. The highest BCUT2D eigenvalue weighted by atomic mass is 32.1. The molecule has 1 aliphatic heterocycles. The molecule has 0 unspecified atom stereocenters. The van der Waals surface area contributed by atoms with Crippen molar-refractivity contribution in [2.45, 2.75) is 32.0 Å². The minimum Gasteiger partial charge on any atom is -0.486 e. The van der Waals surface area contributed by atoms with Gasteiger partial charge >= 0.3 is 0 Å². The summed E-state index contributed by atoms with van der Waals surface area (Å²) in [6, 6.07) is 20.8. The maximum absolute atomic E-state index is 13.6. The first kappa shape index (κ1) is 20.1. The lowest BCUT2D eigenvalue weighted by Gasteiger charge is -2.28. The van der Waals surface area contributed by atoms with E-state index in [1.165, 1.54) is 5.56 Å². The first-order chi connectivity index (χ1) is 15.3. The summed E-state index contributed by atoms with van der Waals surface area (Å²) in [4.78, 5) is 18.9. The molecule has 0 radical (unpaired) electrons. The van der Waals surface area contributed by atoms with Crippen molar-refractivity contribution < 1.29 is 14.3 Å². The van der Waals surface area contributed by atoms with Gasteiger partial charge in [0.1, 0.15) is 13.2 Å². The summed E-state index contributed by atoms with van der Waals surface area (Å²) in [7, 11) is 0. The molecule has 0 N–H and O–H groups in total. The van der Waals surface area contributed by atoms with Crippen molar-refractivity contribution in [3.63, 3.8) is 0 Å². The molecule has 1 aliphatic carbocycles. The first-order valence-electron chi connectivity index (χ1n) is 10.8. The van der Waals surface area contributed by atoms with Crippen molar-refractivity contribution >= 4 is 22.9 Å². The van der Waals surface area contributed by atoms with E-state index < -0.39 is 0 Å². The Morgan fingerprint density at radius 3 is 2.48 bits per heavy atom. The standard InChI is InChI=1S/C25H26N2O3S/c28-25(18-26(20-8-9-20)16-19-5-2-1-3-6-19)27(17-22-7-4-14-31-22)21-10-11-23-24(15-21)30-13-12-29-23/h1-7,10-11,14-15,20H,8-9,12-13,16-18H2. The Labute approximate surface area is 186 Å². The Kier molecular flexibility index (Phi) is 5.91. The molecule has 1 aromatic heterocycles. The van der Waals surface area contributed by atoms with E-state index in [2.05, 4.69) is 35.2 Å². The van der Waals surface area contributed by atoms with Gasteiger partial charge in [0.05, 0.1) is 13.1 Å². The predicted molar refractivity (Wildman–Crippen MR) is 123 cm³/mol. The molecular weight excluding hydrogens is 408 g/mol. The number of thiophene rings is 1. The second-order valence-corrected chi connectivity index (χ2v) is 9.04. The third kappa shape index (κ3) is 4.92. The fourth-order valence-corrected chi connectivity index (χ4v) is 4.61. The van der Waals surface area contributed by atoms with Crippen LogP contribution in [0.2, 0.25) is 0 Å². The van der Waals surface area contributed by atoms with Crippen LogP contribution in [0.25, 0.3) is 0 Å². The lowest BCUT2D eigenvalue weighted by molar-refractivity contribution is -0.120. The van der Waals surface area contributed by atoms with Crippen LogP contribution in [0.15, 0.2) is 66.0 Å². The quantitative estimate of drug-likeness (QED) is 0.515. The van der Waals surface area contributed by atoms with E-state index in [9.17, 15) is 4.79 Å². The van der Waals surface area contributed by atoms with Crippen LogP contribution in [0.5, 0.6) is 11.5 Å². The van der Waals surface area contributed by atoms with Crippen LogP contribution in [0.4, 0.5) is 5.69 Å². The summed E-state index contributed by atoms with van der Waals surface area (Å²) in [5.41, 5.74) is 2.09. The third-order valence-corrected chi connectivity index (χ3v) is 6.52. The van der Waals surface area contributed by atoms with Crippen LogP contribution in [-0.4, -0.2) is 36.6 Å². The molecule has 2 heterocycles. The van der Waals surface area contributed by atoms with E-state index in [-0.39, 0.29) is 5.91 Å². The summed E-state index contributed by atoms with van der Waals surface area (Å²) in [5, 5.41) is 2.05. The van der Waals surface area contributed by atoms with E-state index >= 15 is 0 Å². The van der Waals surface area contributed by atoms with E-state index in [4.69, 9.17) is 9.47 Å². The molecule has 1 saturated carbocycles. The van der Waals surface area contributed by atoms with Crippen LogP contribution in [-0.2, 0) is 17.9 Å². The Balaban J connectivity index is 1.38. The fraction of sp³-hybridized carbons (Fsp3) is 0.320. The van der Waals surface area contributed by atoms with Gasteiger partial charge in [-0.05, 0) is 42.0 Å². The molecule has 5 rings (SSSR count). The predicted octanol–water partition coefficient (Wildman–Crippen LogP) is 4.72. The zero-order valence-corrected chi connectivity index (χ0v) is 18.2. The topological polar surface area (TPSA) is 42.0 Å². The van der Waals surface area contributed by atoms with Gasteiger partial charge in [-0.25, -0.2) is 0 Å². The van der Waals surface area contributed by atoms with E-state index in [1.807, 2.05) is 40.6 Å². The molecule has 6 heteroatoms. The van der Waals surface area contributed by atoms with E-state index in [0.29, 0.717) is 38.1 Å². The second-order valence-electron chi connectivity index (χ2n) is 8.01. The normalized spacial score (nSPS) is 15.1. The number of rotatable bonds is 8. The summed E-state index contributed by atoms with van der Waals surface area (Å²) >= 11 is 1.67. The lowest BCUT2D eigenvalue weighted by Crippen LogP contribution is -2.40. The number of hydrogen-bond donors (Lipinski definition) is 0. The molecule has 0 atom stereocenters. The Morgan fingerprint density at radius 1 is 0.935 bits per heavy atom. The molecule has 31 heavy (non-hydrogen) atoms. The van der Waals surface area contributed by atoms with Crippen LogP contribution in [0, 0.1) is 0 Å². The molecule has 0 bridgehead atoms. The van der Waals surface area contributed by atoms with Crippen LogP contribution < -0.4 is 14.4 Å². The Morgan fingerprint density at radius 2 is 1.74 bits per heavy atom. The number of benzene rings is 2. The van der Waals surface area contributed by atoms with Crippen molar-refractivity contribution in [2.75, 3.05) is 24.7 Å². The summed E-state index contributed by atoms with van der Waals surface area (Å²) in [6.45, 7) is 2.84. The molecule has 2 aliphatic rings. The molecule has 0 saturated heterocycles. The van der Waals surface area contributed by atoms with Crippen LogP contribution >= 0.6 is 11.3 Å². The number of anilines is 1. The van der Waals surface area contributed by atoms with Crippen molar-refractivity contribution in [1.82, 2.24) is 4.90 Å². The van der Waals surface area contributed by atoms with Gasteiger partial charge in [0, 0.05) is 29.2 Å². The fourth-order valence-electron chi connectivity index (χ4n) is 3.91. The van der Waals surface area contributed by atoms with Gasteiger partial charge in [-0.2, -0.15) is 0 Å². The molecule has 1 fully saturated rings. The number of hydrogen-bond acceptors (Lipinski definition) is 5. The monoisotopic (exact) mass is 434 g/mol. The summed E-state index contributed by atoms with van der Waals surface area (Å²) < 4.78 is 11.4. The van der Waals surface area contributed by atoms with Gasteiger partial charge in [0.2, 0.25) is 5.91 Å². The molecule has 1 amide bonds. The van der Waals surface area contributed by atoms with Gasteiger partial charge < -0.3 is 14.4 Å². The average molecular weight is 435 g/mol. The first-order valence-corrected chi connectivity index (χ1v) is 11.6. The van der Waals surface area contributed by atoms with E-state index in [0.717, 1.165) is 35.7 Å². The summed E-state index contributed by atoms with van der Waals surface area (Å²) in [5.74, 6) is 1.55. The number of carbonyl (C=O) groups excluding carboxylic acids is 1. The molecule has 0 spiro atoms. The molecule has 2 aromatic carbocycles. The molecule has 160 valence electrons. The highest BCUT2D eigenvalue weighted by molar-refractivity contribution is 7.09. The van der Waals surface area contributed by atoms with Gasteiger partial charge in [0.25, 0.3) is 0 Å². The van der Waals surface area contributed by atoms with Crippen LogP contribution in [0.3, 0.4) is 0 Å². The van der Waals surface area contributed by atoms with Crippen LogP contribution in [0.1, 0.15) is 23.3 Å². The smallest absolute Gasteiger partial charge is 0.241 e. The zero-order chi connectivity index (χ0) is 21.0. The second kappa shape index (κ2) is 9.12. The number of carbonyl (C=O) groups is 1. The number of fused-ring (bicyclic) bond motifs is 1. The van der Waals surface area contributed by atoms with E-state index in [1.54, 1.807) is 11.3 Å². The third-order valence-electron chi connectivity index (χ3n) is 5.66. The molecule has 3 aromatic rings. The van der Waals surface area contributed by atoms with Crippen molar-refractivity contribution in [2.24, 2.45) is 0 Å². The Hall–Kier alpha value is -2.83. The molecule has 5 nitrogen and oxygen atoms in total. The minimum absolute atomic E-state index is 0.105. The highest BCUT2D eigenvalue weighted by Crippen LogP contribution is 2.35. The van der Waals surface area contributed by atoms with Crippen molar-refractivity contribution in [1.29, 1.82) is 0 Å². The lowest BCUT2D eigenvalue weighted by atomic mass is 10.2. The zero-order valence-electron chi connectivity index (χ0n) is 17.4. The molecular formula is C25H26N2O3S. The SMILES string of the molecule is O=C(CN(Cc1ccccc1)C1CC1)N(Cc1cccs1)c1ccc2c(c1)OCCO2. The maximum Gasteiger partial charge on any atom is 0.241 e. The minimum atomic E-state index is 0.105. The van der Waals surface area contributed by atoms with Gasteiger partial charge in [-0.1, -0.05) is 36.4 Å². The van der Waals surface area contributed by atoms with Crippen molar-refractivity contribution in [3.8, 4) is 11.5 Å². The van der Waals surface area contributed by atoms with Gasteiger partial charge in [0.15, 0.2) is 11.5 Å². The van der Waals surface area contributed by atoms with Gasteiger partial charge in [-0.3, -0.25) is 9.69 Å². The highest BCUT2D eigenvalue weighted by Gasteiger charge is 2.32. The van der Waals surface area contributed by atoms with Gasteiger partial charge in [-0.15, -0.1) is 11.3 Å². The van der Waals surface area contributed by atoms with Crippen molar-refractivity contribution in [3.05, 3.63) is 76.5 Å². The Bertz CT molecular complexity index is 1020. The summed E-state index contributed by atoms with van der Waals surface area (Å²) in [6.07, 6.45) is 2.32. The maximum atomic E-state index is 13.6. The number of nitrogens with zero attached hydrogens (tertiary/aromatic N) is 2.